The molecule has 3 nitrogen and oxygen atoms in total. The third kappa shape index (κ3) is 4.64. The lowest BCUT2D eigenvalue weighted by Gasteiger charge is -2.09. The molecule has 116 valence electrons. The molecular formula is C19H22O3. The molecule has 0 aliphatic carbocycles. The predicted octanol–water partition coefficient (Wildman–Crippen LogP) is 4.08. The Morgan fingerprint density at radius 3 is 1.68 bits per heavy atom. The molecule has 0 bridgehead atoms. The van der Waals surface area contributed by atoms with Gasteiger partial charge in [0, 0.05) is 6.61 Å². The van der Waals surface area contributed by atoms with Crippen LogP contribution in [0.25, 0.3) is 5.57 Å². The number of aliphatic hydroxyl groups is 1. The highest BCUT2D eigenvalue weighted by molar-refractivity contribution is 5.80. The van der Waals surface area contributed by atoms with Crippen molar-refractivity contribution >= 4 is 5.57 Å². The lowest BCUT2D eigenvalue weighted by molar-refractivity contribution is 0.283. The van der Waals surface area contributed by atoms with Gasteiger partial charge in [0.25, 0.3) is 0 Å². The van der Waals surface area contributed by atoms with E-state index in [0.717, 1.165) is 42.4 Å². The van der Waals surface area contributed by atoms with Crippen LogP contribution in [0, 0.1) is 0 Å². The molecule has 0 spiro atoms. The van der Waals surface area contributed by atoms with Crippen LogP contribution in [0.5, 0.6) is 11.5 Å². The number of phenolic OH excluding ortho intramolecular Hbond substituents is 2. The van der Waals surface area contributed by atoms with Crippen LogP contribution < -0.4 is 0 Å². The average Bonchev–Trinajstić information content (AvgIpc) is 2.53. The predicted molar refractivity (Wildman–Crippen MR) is 88.8 cm³/mol. The second-order valence-corrected chi connectivity index (χ2v) is 5.28. The highest BCUT2D eigenvalue weighted by atomic mass is 16.3. The number of hydrogen-bond donors (Lipinski definition) is 3. The summed E-state index contributed by atoms with van der Waals surface area (Å²) in [6, 6.07) is 14.3. The average molecular weight is 298 g/mol. The van der Waals surface area contributed by atoms with Gasteiger partial charge in [-0.3, -0.25) is 0 Å². The standard InChI is InChI=1S/C19H22O3/c20-14-4-2-1-3-5-19(15-6-10-17(21)11-7-15)16-8-12-18(22)13-9-16/h5-13,20-22H,1-4,14H2. The minimum atomic E-state index is 0.243. The van der Waals surface area contributed by atoms with E-state index in [1.165, 1.54) is 0 Å². The molecule has 0 aliphatic heterocycles. The van der Waals surface area contributed by atoms with Crippen molar-refractivity contribution < 1.29 is 15.3 Å². The summed E-state index contributed by atoms with van der Waals surface area (Å²) in [5.74, 6) is 0.494. The van der Waals surface area contributed by atoms with Crippen molar-refractivity contribution in [3.8, 4) is 11.5 Å². The van der Waals surface area contributed by atoms with Crippen molar-refractivity contribution in [2.24, 2.45) is 0 Å². The highest BCUT2D eigenvalue weighted by Crippen LogP contribution is 2.27. The fourth-order valence-electron chi connectivity index (χ4n) is 2.36. The van der Waals surface area contributed by atoms with Gasteiger partial charge in [-0.2, -0.15) is 0 Å². The van der Waals surface area contributed by atoms with E-state index in [1.54, 1.807) is 24.3 Å². The van der Waals surface area contributed by atoms with Crippen LogP contribution in [0.15, 0.2) is 54.6 Å². The summed E-state index contributed by atoms with van der Waals surface area (Å²) >= 11 is 0. The summed E-state index contributed by atoms with van der Waals surface area (Å²) in [5.41, 5.74) is 3.15. The third-order valence-corrected chi connectivity index (χ3v) is 3.57. The largest absolute Gasteiger partial charge is 0.508 e. The van der Waals surface area contributed by atoms with Crippen LogP contribution in [0.2, 0.25) is 0 Å². The maximum absolute atomic E-state index is 9.44. The first kappa shape index (κ1) is 16.1. The third-order valence-electron chi connectivity index (χ3n) is 3.57. The van der Waals surface area contributed by atoms with E-state index < -0.39 is 0 Å². The molecule has 22 heavy (non-hydrogen) atoms. The molecule has 0 saturated carbocycles. The molecule has 0 aliphatic rings. The first-order valence-corrected chi connectivity index (χ1v) is 7.60. The van der Waals surface area contributed by atoms with E-state index in [9.17, 15) is 10.2 Å². The van der Waals surface area contributed by atoms with E-state index in [2.05, 4.69) is 6.08 Å². The molecule has 2 rings (SSSR count). The van der Waals surface area contributed by atoms with Crippen molar-refractivity contribution in [3.05, 3.63) is 65.7 Å². The zero-order chi connectivity index (χ0) is 15.8. The Morgan fingerprint density at radius 2 is 1.23 bits per heavy atom. The van der Waals surface area contributed by atoms with Crippen molar-refractivity contribution in [2.75, 3.05) is 6.61 Å². The fraction of sp³-hybridized carbons (Fsp3) is 0.263. The number of phenols is 2. The second kappa shape index (κ2) is 8.25. The van der Waals surface area contributed by atoms with Crippen molar-refractivity contribution in [2.45, 2.75) is 25.7 Å². The van der Waals surface area contributed by atoms with Crippen LogP contribution in [0.4, 0.5) is 0 Å². The summed E-state index contributed by atoms with van der Waals surface area (Å²) in [5, 5.41) is 27.7. The Bertz CT molecular complexity index is 550. The van der Waals surface area contributed by atoms with Gasteiger partial charge in [-0.15, -0.1) is 0 Å². The Morgan fingerprint density at radius 1 is 0.727 bits per heavy atom. The number of aromatic hydroxyl groups is 2. The summed E-state index contributed by atoms with van der Waals surface area (Å²) in [7, 11) is 0. The fourth-order valence-corrected chi connectivity index (χ4v) is 2.36. The van der Waals surface area contributed by atoms with Gasteiger partial charge in [0.15, 0.2) is 0 Å². The summed E-state index contributed by atoms with van der Waals surface area (Å²) in [6.07, 6.45) is 5.97. The maximum atomic E-state index is 9.44. The van der Waals surface area contributed by atoms with Gasteiger partial charge >= 0.3 is 0 Å². The Hall–Kier alpha value is -2.26. The minimum Gasteiger partial charge on any atom is -0.508 e. The van der Waals surface area contributed by atoms with Gasteiger partial charge in [0.2, 0.25) is 0 Å². The SMILES string of the molecule is OCCCCCC=C(c1ccc(O)cc1)c1ccc(O)cc1. The van der Waals surface area contributed by atoms with Crippen molar-refractivity contribution in [1.29, 1.82) is 0 Å². The Kier molecular flexibility index (Phi) is 6.04. The number of aliphatic hydroxyl groups excluding tert-OH is 1. The van der Waals surface area contributed by atoms with Gasteiger partial charge in [0.1, 0.15) is 11.5 Å². The molecule has 0 unspecified atom stereocenters. The van der Waals surface area contributed by atoms with Crippen LogP contribution in [0.3, 0.4) is 0 Å². The van der Waals surface area contributed by atoms with Crippen LogP contribution in [-0.4, -0.2) is 21.9 Å². The zero-order valence-corrected chi connectivity index (χ0v) is 12.6. The normalized spacial score (nSPS) is 10.4. The van der Waals surface area contributed by atoms with E-state index in [-0.39, 0.29) is 18.1 Å². The molecular weight excluding hydrogens is 276 g/mol. The molecule has 0 heterocycles. The van der Waals surface area contributed by atoms with E-state index in [1.807, 2.05) is 24.3 Å². The zero-order valence-electron chi connectivity index (χ0n) is 12.6. The van der Waals surface area contributed by atoms with E-state index >= 15 is 0 Å². The summed E-state index contributed by atoms with van der Waals surface area (Å²) < 4.78 is 0. The first-order chi connectivity index (χ1) is 10.7. The van der Waals surface area contributed by atoms with Crippen molar-refractivity contribution in [3.63, 3.8) is 0 Å². The van der Waals surface area contributed by atoms with Gasteiger partial charge < -0.3 is 15.3 Å². The van der Waals surface area contributed by atoms with Crippen LogP contribution in [-0.2, 0) is 0 Å². The summed E-state index contributed by atoms with van der Waals surface area (Å²) in [6.45, 7) is 0.243. The smallest absolute Gasteiger partial charge is 0.115 e. The molecule has 0 saturated heterocycles. The van der Waals surface area contributed by atoms with Gasteiger partial charge in [-0.1, -0.05) is 36.8 Å². The molecule has 0 radical (unpaired) electrons. The monoisotopic (exact) mass is 298 g/mol. The minimum absolute atomic E-state index is 0.243. The van der Waals surface area contributed by atoms with Crippen LogP contribution in [0.1, 0.15) is 36.8 Å². The lowest BCUT2D eigenvalue weighted by atomic mass is 9.96. The molecule has 2 aromatic carbocycles. The molecule has 0 atom stereocenters. The number of hydrogen-bond acceptors (Lipinski definition) is 3. The topological polar surface area (TPSA) is 60.7 Å². The van der Waals surface area contributed by atoms with E-state index in [4.69, 9.17) is 5.11 Å². The van der Waals surface area contributed by atoms with Gasteiger partial charge in [-0.05, 0) is 60.2 Å². The highest BCUT2D eigenvalue weighted by Gasteiger charge is 2.05. The maximum Gasteiger partial charge on any atom is 0.115 e. The van der Waals surface area contributed by atoms with Crippen LogP contribution >= 0.6 is 0 Å². The quantitative estimate of drug-likeness (QED) is 0.675. The second-order valence-electron chi connectivity index (χ2n) is 5.28. The van der Waals surface area contributed by atoms with E-state index in [0.29, 0.717) is 0 Å². The Balaban J connectivity index is 2.22. The van der Waals surface area contributed by atoms with Crippen molar-refractivity contribution in [1.82, 2.24) is 0 Å². The molecule has 0 aromatic heterocycles. The molecule has 0 fully saturated rings. The molecule has 0 amide bonds. The molecule has 2 aromatic rings. The molecule has 3 heteroatoms. The van der Waals surface area contributed by atoms with Gasteiger partial charge in [-0.25, -0.2) is 0 Å². The number of benzene rings is 2. The number of allylic oxidation sites excluding steroid dienone is 1. The summed E-state index contributed by atoms with van der Waals surface area (Å²) in [4.78, 5) is 0. The Labute approximate surface area is 131 Å². The first-order valence-electron chi connectivity index (χ1n) is 7.60. The molecule has 3 N–H and O–H groups in total. The lowest BCUT2D eigenvalue weighted by Crippen LogP contribution is -1.89. The van der Waals surface area contributed by atoms with Gasteiger partial charge in [0.05, 0.1) is 0 Å². The number of unbranched alkanes of at least 4 members (excludes halogenated alkanes) is 3. The number of rotatable bonds is 7.